The van der Waals surface area contributed by atoms with E-state index in [0.717, 1.165) is 0 Å². The number of carbonyl (C=O) groups excluding carboxylic acids is 1. The maximum atomic E-state index is 13.9. The fourth-order valence-electron chi connectivity index (χ4n) is 2.96. The number of morpholine rings is 1. The number of carbonyl (C=O) groups is 1. The summed E-state index contributed by atoms with van der Waals surface area (Å²) in [5.41, 5.74) is 0.371. The highest BCUT2D eigenvalue weighted by atomic mass is 19.1. The lowest BCUT2D eigenvalue weighted by Crippen LogP contribution is -2.52. The molecule has 0 radical (unpaired) electrons. The van der Waals surface area contributed by atoms with Crippen molar-refractivity contribution in [3.05, 3.63) is 42.2 Å². The van der Waals surface area contributed by atoms with Crippen molar-refractivity contribution < 1.29 is 18.3 Å². The molecule has 1 aliphatic heterocycles. The molecule has 1 N–H and O–H groups in total. The minimum atomic E-state index is -0.356. The lowest BCUT2D eigenvalue weighted by molar-refractivity contribution is -0.138. The summed E-state index contributed by atoms with van der Waals surface area (Å²) < 4.78 is 24.8. The summed E-state index contributed by atoms with van der Waals surface area (Å²) in [6.45, 7) is 6.66. The quantitative estimate of drug-likeness (QED) is 0.856. The molecule has 1 aromatic carbocycles. The van der Waals surface area contributed by atoms with Gasteiger partial charge in [0.2, 0.25) is 11.8 Å². The topological polar surface area (TPSA) is 67.6 Å². The largest absolute Gasteiger partial charge is 0.439 e. The summed E-state index contributed by atoms with van der Waals surface area (Å²) in [7, 11) is 0. The second-order valence-corrected chi connectivity index (χ2v) is 6.64. The van der Waals surface area contributed by atoms with Crippen molar-refractivity contribution in [2.75, 3.05) is 26.3 Å². The first kappa shape index (κ1) is 18.5. The first-order valence-corrected chi connectivity index (χ1v) is 8.86. The van der Waals surface area contributed by atoms with Crippen LogP contribution >= 0.6 is 0 Å². The molecule has 0 saturated carbocycles. The zero-order chi connectivity index (χ0) is 18.5. The zero-order valence-electron chi connectivity index (χ0n) is 15.1. The molecule has 3 rings (SSSR count). The third-order valence-electron chi connectivity index (χ3n) is 4.42. The van der Waals surface area contributed by atoms with Crippen molar-refractivity contribution in [3.8, 4) is 11.3 Å². The highest BCUT2D eigenvalue weighted by Crippen LogP contribution is 2.23. The number of nitrogens with one attached hydrogen (secondary N) is 1. The molecule has 1 unspecified atom stereocenters. The van der Waals surface area contributed by atoms with E-state index in [-0.39, 0.29) is 23.7 Å². The smallest absolute Gasteiger partial charge is 0.240 e. The molecule has 1 fully saturated rings. The van der Waals surface area contributed by atoms with Crippen LogP contribution in [0.5, 0.6) is 0 Å². The van der Waals surface area contributed by atoms with Crippen LogP contribution in [0.1, 0.15) is 19.7 Å². The number of aromatic nitrogens is 1. The number of nitrogens with zero attached hydrogens (tertiary/aromatic N) is 2. The number of hydrogen-bond acceptors (Lipinski definition) is 5. The number of ether oxygens (including phenoxy) is 1. The Balaban J connectivity index is 1.64. The summed E-state index contributed by atoms with van der Waals surface area (Å²) in [5.74, 6) is 0.616. The van der Waals surface area contributed by atoms with Gasteiger partial charge in [-0.1, -0.05) is 26.0 Å². The Hall–Kier alpha value is -2.25. The van der Waals surface area contributed by atoms with Crippen LogP contribution in [0.3, 0.4) is 0 Å². The molecule has 1 aliphatic rings. The summed E-state index contributed by atoms with van der Waals surface area (Å²) >= 11 is 0. The minimum Gasteiger partial charge on any atom is -0.439 e. The highest BCUT2D eigenvalue weighted by Gasteiger charge is 2.28. The van der Waals surface area contributed by atoms with Gasteiger partial charge in [-0.25, -0.2) is 9.37 Å². The molecule has 2 heterocycles. The molecule has 1 saturated heterocycles. The lowest BCUT2D eigenvalue weighted by Gasteiger charge is -2.32. The van der Waals surface area contributed by atoms with Gasteiger partial charge in [0.25, 0.3) is 0 Å². The third-order valence-corrected chi connectivity index (χ3v) is 4.42. The standard InChI is InChI=1S/C19H24FN3O3/c1-13(2)18(19(24)23-7-9-25-10-8-23)22-12-17-21-11-16(26-17)14-5-3-4-6-15(14)20/h3-6,11,13,18,22H,7-10,12H2,1-2H3. The van der Waals surface area contributed by atoms with Crippen LogP contribution in [0.25, 0.3) is 11.3 Å². The van der Waals surface area contributed by atoms with Gasteiger partial charge in [-0.05, 0) is 18.1 Å². The molecule has 0 spiro atoms. The molecule has 140 valence electrons. The van der Waals surface area contributed by atoms with Crippen molar-refractivity contribution in [1.29, 1.82) is 0 Å². The van der Waals surface area contributed by atoms with Gasteiger partial charge in [0.15, 0.2) is 5.76 Å². The van der Waals surface area contributed by atoms with E-state index in [1.807, 2.05) is 18.7 Å². The van der Waals surface area contributed by atoms with Gasteiger partial charge in [-0.2, -0.15) is 0 Å². The maximum Gasteiger partial charge on any atom is 0.240 e. The Bertz CT molecular complexity index is 741. The number of halogens is 1. The Morgan fingerprint density at radius 1 is 1.31 bits per heavy atom. The minimum absolute atomic E-state index is 0.0594. The van der Waals surface area contributed by atoms with Crippen LogP contribution in [0, 0.1) is 11.7 Å². The molecular weight excluding hydrogens is 337 g/mol. The van der Waals surface area contributed by atoms with Crippen molar-refractivity contribution in [1.82, 2.24) is 15.2 Å². The van der Waals surface area contributed by atoms with E-state index >= 15 is 0 Å². The van der Waals surface area contributed by atoms with Crippen LogP contribution in [0.4, 0.5) is 4.39 Å². The molecule has 1 amide bonds. The van der Waals surface area contributed by atoms with Gasteiger partial charge in [0, 0.05) is 13.1 Å². The van der Waals surface area contributed by atoms with Crippen molar-refractivity contribution in [2.45, 2.75) is 26.4 Å². The van der Waals surface area contributed by atoms with Crippen LogP contribution in [0.15, 0.2) is 34.9 Å². The van der Waals surface area contributed by atoms with Gasteiger partial charge in [-0.3, -0.25) is 10.1 Å². The molecule has 7 heteroatoms. The van der Waals surface area contributed by atoms with E-state index < -0.39 is 0 Å². The van der Waals surface area contributed by atoms with Gasteiger partial charge >= 0.3 is 0 Å². The lowest BCUT2D eigenvalue weighted by atomic mass is 10.0. The van der Waals surface area contributed by atoms with Crippen LogP contribution < -0.4 is 5.32 Å². The fraction of sp³-hybridized carbons (Fsp3) is 0.474. The van der Waals surface area contributed by atoms with Crippen molar-refractivity contribution in [2.24, 2.45) is 5.92 Å². The van der Waals surface area contributed by atoms with E-state index in [2.05, 4.69) is 10.3 Å². The number of hydrogen-bond donors (Lipinski definition) is 1. The number of oxazole rings is 1. The Morgan fingerprint density at radius 3 is 2.73 bits per heavy atom. The van der Waals surface area contributed by atoms with Gasteiger partial charge in [0.1, 0.15) is 5.82 Å². The summed E-state index contributed by atoms with van der Waals surface area (Å²) in [6.07, 6.45) is 1.50. The first-order chi connectivity index (χ1) is 12.6. The molecule has 2 aromatic rings. The Kier molecular flexibility index (Phi) is 6.00. The SMILES string of the molecule is CC(C)C(NCc1ncc(-c2ccccc2F)o1)C(=O)N1CCOCC1. The van der Waals surface area contributed by atoms with Crippen LogP contribution in [0.2, 0.25) is 0 Å². The van der Waals surface area contributed by atoms with Crippen LogP contribution in [-0.2, 0) is 16.1 Å². The number of benzene rings is 1. The molecule has 0 bridgehead atoms. The predicted molar refractivity (Wildman–Crippen MR) is 94.8 cm³/mol. The molecule has 26 heavy (non-hydrogen) atoms. The highest BCUT2D eigenvalue weighted by molar-refractivity contribution is 5.82. The number of amides is 1. The molecule has 1 atom stereocenters. The summed E-state index contributed by atoms with van der Waals surface area (Å²) in [6, 6.07) is 6.06. The second kappa shape index (κ2) is 8.42. The summed E-state index contributed by atoms with van der Waals surface area (Å²) in [5, 5.41) is 3.23. The van der Waals surface area contributed by atoms with Gasteiger partial charge in [0.05, 0.1) is 37.6 Å². The zero-order valence-corrected chi connectivity index (χ0v) is 15.1. The monoisotopic (exact) mass is 361 g/mol. The van der Waals surface area contributed by atoms with E-state index in [0.29, 0.717) is 50.1 Å². The van der Waals surface area contributed by atoms with E-state index in [4.69, 9.17) is 9.15 Å². The average Bonchev–Trinajstić information content (AvgIpc) is 3.11. The number of rotatable bonds is 6. The average molecular weight is 361 g/mol. The molecule has 0 aliphatic carbocycles. The predicted octanol–water partition coefficient (Wildman–Crippen LogP) is 2.45. The fourth-order valence-corrected chi connectivity index (χ4v) is 2.96. The van der Waals surface area contributed by atoms with Crippen LogP contribution in [-0.4, -0.2) is 48.1 Å². The van der Waals surface area contributed by atoms with E-state index in [1.165, 1.54) is 12.3 Å². The Labute approximate surface area is 152 Å². The molecular formula is C19H24FN3O3. The van der Waals surface area contributed by atoms with Gasteiger partial charge < -0.3 is 14.1 Å². The molecule has 6 nitrogen and oxygen atoms in total. The maximum absolute atomic E-state index is 13.9. The van der Waals surface area contributed by atoms with Crippen molar-refractivity contribution in [3.63, 3.8) is 0 Å². The summed E-state index contributed by atoms with van der Waals surface area (Å²) in [4.78, 5) is 18.8. The van der Waals surface area contributed by atoms with E-state index in [9.17, 15) is 9.18 Å². The Morgan fingerprint density at radius 2 is 2.04 bits per heavy atom. The second-order valence-electron chi connectivity index (χ2n) is 6.64. The van der Waals surface area contributed by atoms with Crippen molar-refractivity contribution >= 4 is 5.91 Å². The van der Waals surface area contributed by atoms with E-state index in [1.54, 1.807) is 18.2 Å². The van der Waals surface area contributed by atoms with Gasteiger partial charge in [-0.15, -0.1) is 0 Å². The first-order valence-electron chi connectivity index (χ1n) is 8.86. The normalized spacial score (nSPS) is 16.1. The third kappa shape index (κ3) is 4.28. The molecule has 1 aromatic heterocycles.